The van der Waals surface area contributed by atoms with Crippen LogP contribution in [0.5, 0.6) is 0 Å². The first-order chi connectivity index (χ1) is 14.1. The SMILES string of the molecule is C=CC(=O)OC(C)(C)CCOC(C)(C)c1c(C(C)(C)C)cc(C(C)(C)C)cc1C(C)(C)C. The molecule has 3 heteroatoms. The Morgan fingerprint density at radius 2 is 1.25 bits per heavy atom. The Bertz CT molecular complexity index is 786. The maximum absolute atomic E-state index is 11.7. The number of hydrogen-bond acceptors (Lipinski definition) is 3. The van der Waals surface area contributed by atoms with E-state index >= 15 is 0 Å². The molecule has 0 aromatic heterocycles. The van der Waals surface area contributed by atoms with Gasteiger partial charge in [-0.25, -0.2) is 4.79 Å². The molecule has 0 saturated heterocycles. The van der Waals surface area contributed by atoms with E-state index in [0.29, 0.717) is 13.0 Å². The van der Waals surface area contributed by atoms with Crippen LogP contribution in [0.3, 0.4) is 0 Å². The molecule has 0 aliphatic rings. The Labute approximate surface area is 198 Å². The van der Waals surface area contributed by atoms with Crippen molar-refractivity contribution in [2.24, 2.45) is 0 Å². The van der Waals surface area contributed by atoms with Crippen molar-refractivity contribution in [3.63, 3.8) is 0 Å². The maximum Gasteiger partial charge on any atom is 0.330 e. The van der Waals surface area contributed by atoms with Crippen LogP contribution >= 0.6 is 0 Å². The third-order valence-electron chi connectivity index (χ3n) is 5.93. The smallest absolute Gasteiger partial charge is 0.330 e. The first-order valence-corrected chi connectivity index (χ1v) is 11.8. The summed E-state index contributed by atoms with van der Waals surface area (Å²) < 4.78 is 12.0. The van der Waals surface area contributed by atoms with Crippen molar-refractivity contribution < 1.29 is 14.3 Å². The fourth-order valence-corrected chi connectivity index (χ4v) is 3.90. The van der Waals surface area contributed by atoms with Gasteiger partial charge in [-0.05, 0) is 66.2 Å². The van der Waals surface area contributed by atoms with Crippen LogP contribution in [0.4, 0.5) is 0 Å². The third kappa shape index (κ3) is 7.47. The fraction of sp³-hybridized carbons (Fsp3) is 0.690. The predicted octanol–water partition coefficient (Wildman–Crippen LogP) is 7.73. The van der Waals surface area contributed by atoms with Gasteiger partial charge in [-0.15, -0.1) is 0 Å². The Kier molecular flexibility index (Phi) is 8.29. The summed E-state index contributed by atoms with van der Waals surface area (Å²) in [6.07, 6.45) is 1.81. The van der Waals surface area contributed by atoms with Crippen LogP contribution in [0.2, 0.25) is 0 Å². The van der Waals surface area contributed by atoms with Gasteiger partial charge in [0.2, 0.25) is 0 Å². The van der Waals surface area contributed by atoms with E-state index in [-0.39, 0.29) is 16.2 Å². The largest absolute Gasteiger partial charge is 0.456 e. The van der Waals surface area contributed by atoms with Crippen molar-refractivity contribution in [1.29, 1.82) is 0 Å². The van der Waals surface area contributed by atoms with Crippen molar-refractivity contribution in [3.05, 3.63) is 47.0 Å². The van der Waals surface area contributed by atoms with Gasteiger partial charge in [-0.3, -0.25) is 0 Å². The molecule has 0 aliphatic carbocycles. The van der Waals surface area contributed by atoms with Crippen LogP contribution in [-0.4, -0.2) is 18.2 Å². The number of esters is 1. The lowest BCUT2D eigenvalue weighted by Gasteiger charge is -2.40. The number of ether oxygens (including phenoxy) is 2. The number of benzene rings is 1. The first kappa shape index (κ1) is 28.4. The van der Waals surface area contributed by atoms with Gasteiger partial charge in [0.1, 0.15) is 5.60 Å². The van der Waals surface area contributed by atoms with E-state index in [4.69, 9.17) is 9.47 Å². The van der Waals surface area contributed by atoms with Gasteiger partial charge in [0, 0.05) is 12.5 Å². The molecule has 0 spiro atoms. The molecule has 32 heavy (non-hydrogen) atoms. The lowest BCUT2D eigenvalue weighted by atomic mass is 9.69. The minimum absolute atomic E-state index is 0.0318. The molecule has 3 nitrogen and oxygen atoms in total. The Hall–Kier alpha value is -1.61. The summed E-state index contributed by atoms with van der Waals surface area (Å²) in [5.74, 6) is -0.405. The summed E-state index contributed by atoms with van der Waals surface area (Å²) >= 11 is 0. The third-order valence-corrected chi connectivity index (χ3v) is 5.93. The quantitative estimate of drug-likeness (QED) is 0.319. The number of carbonyl (C=O) groups excluding carboxylic acids is 1. The molecule has 0 radical (unpaired) electrons. The predicted molar refractivity (Wildman–Crippen MR) is 137 cm³/mol. The van der Waals surface area contributed by atoms with Gasteiger partial charge < -0.3 is 9.47 Å². The van der Waals surface area contributed by atoms with E-state index in [2.05, 4.69) is 94.9 Å². The molecule has 0 bridgehead atoms. The molecule has 0 N–H and O–H groups in total. The van der Waals surface area contributed by atoms with Crippen molar-refractivity contribution in [2.75, 3.05) is 6.61 Å². The zero-order chi connectivity index (χ0) is 25.3. The highest BCUT2D eigenvalue weighted by atomic mass is 16.6. The minimum atomic E-state index is -0.614. The Morgan fingerprint density at radius 3 is 1.59 bits per heavy atom. The molecule has 0 aliphatic heterocycles. The molecule has 1 rings (SSSR count). The topological polar surface area (TPSA) is 35.5 Å². The summed E-state index contributed by atoms with van der Waals surface area (Å²) in [5, 5.41) is 0. The Balaban J connectivity index is 3.50. The van der Waals surface area contributed by atoms with Gasteiger partial charge >= 0.3 is 5.97 Å². The van der Waals surface area contributed by atoms with E-state index in [9.17, 15) is 4.79 Å². The van der Waals surface area contributed by atoms with Crippen molar-refractivity contribution >= 4 is 5.97 Å². The fourth-order valence-electron chi connectivity index (χ4n) is 3.90. The van der Waals surface area contributed by atoms with Crippen LogP contribution in [-0.2, 0) is 36.1 Å². The molecule has 1 aromatic carbocycles. The summed E-state index contributed by atoms with van der Waals surface area (Å²) in [6, 6.07) is 4.76. The normalized spacial score (nSPS) is 13.8. The molecule has 182 valence electrons. The van der Waals surface area contributed by atoms with E-state index in [0.717, 1.165) is 0 Å². The van der Waals surface area contributed by atoms with Gasteiger partial charge in [0.15, 0.2) is 0 Å². The van der Waals surface area contributed by atoms with Crippen LogP contribution in [0.15, 0.2) is 24.8 Å². The molecule has 0 saturated carbocycles. The van der Waals surface area contributed by atoms with Gasteiger partial charge in [-0.2, -0.15) is 0 Å². The molecule has 1 aromatic rings. The van der Waals surface area contributed by atoms with Gasteiger partial charge in [0.25, 0.3) is 0 Å². The zero-order valence-electron chi connectivity index (χ0n) is 23.1. The summed E-state index contributed by atoms with van der Waals surface area (Å²) in [4.78, 5) is 11.7. The lowest BCUT2D eigenvalue weighted by Crippen LogP contribution is -2.35. The number of rotatable bonds is 7. The highest BCUT2D eigenvalue weighted by Gasteiger charge is 2.37. The van der Waals surface area contributed by atoms with Gasteiger partial charge in [-0.1, -0.05) is 81.0 Å². The molecule has 0 heterocycles. The second-order valence-corrected chi connectivity index (χ2v) is 13.2. The standard InChI is InChI=1S/C29H48O3/c1-15-23(30)32-28(11,12)16-17-31-29(13,14)24-21(26(5,6)7)18-20(25(2,3)4)19-22(24)27(8,9)10/h15,18-19H,1,16-17H2,2-14H3. The van der Waals surface area contributed by atoms with Crippen LogP contribution in [0, 0.1) is 0 Å². The first-order valence-electron chi connectivity index (χ1n) is 11.8. The maximum atomic E-state index is 11.7. The minimum Gasteiger partial charge on any atom is -0.456 e. The summed E-state index contributed by atoms with van der Waals surface area (Å²) in [7, 11) is 0. The van der Waals surface area contributed by atoms with E-state index < -0.39 is 17.2 Å². The molecular formula is C29H48O3. The van der Waals surface area contributed by atoms with Crippen LogP contribution in [0.1, 0.15) is 119 Å². The molecule has 0 unspecified atom stereocenters. The average molecular weight is 445 g/mol. The molecular weight excluding hydrogens is 396 g/mol. The van der Waals surface area contributed by atoms with Gasteiger partial charge in [0.05, 0.1) is 12.2 Å². The van der Waals surface area contributed by atoms with E-state index in [1.54, 1.807) is 0 Å². The van der Waals surface area contributed by atoms with E-state index in [1.807, 2.05) is 13.8 Å². The van der Waals surface area contributed by atoms with E-state index in [1.165, 1.54) is 28.3 Å². The molecule has 0 amide bonds. The lowest BCUT2D eigenvalue weighted by molar-refractivity contribution is -0.153. The summed E-state index contributed by atoms with van der Waals surface area (Å²) in [6.45, 7) is 32.6. The summed E-state index contributed by atoms with van der Waals surface area (Å²) in [5.41, 5.74) is 4.16. The number of hydrogen-bond donors (Lipinski definition) is 0. The highest BCUT2D eigenvalue weighted by Crippen LogP contribution is 2.44. The van der Waals surface area contributed by atoms with Crippen LogP contribution < -0.4 is 0 Å². The highest BCUT2D eigenvalue weighted by molar-refractivity contribution is 5.81. The van der Waals surface area contributed by atoms with Crippen molar-refractivity contribution in [2.45, 2.75) is 124 Å². The molecule has 0 fully saturated rings. The molecule has 0 atom stereocenters. The number of carbonyl (C=O) groups is 1. The van der Waals surface area contributed by atoms with Crippen LogP contribution in [0.25, 0.3) is 0 Å². The van der Waals surface area contributed by atoms with Crippen molar-refractivity contribution in [1.82, 2.24) is 0 Å². The Morgan fingerprint density at radius 1 is 0.812 bits per heavy atom. The average Bonchev–Trinajstić information content (AvgIpc) is 2.57. The second-order valence-electron chi connectivity index (χ2n) is 13.2. The second kappa shape index (κ2) is 9.33. The zero-order valence-corrected chi connectivity index (χ0v) is 23.1. The monoisotopic (exact) mass is 444 g/mol. The van der Waals surface area contributed by atoms with Crippen molar-refractivity contribution in [3.8, 4) is 0 Å².